The number of rotatable bonds is 7. The molecule has 0 spiro atoms. The molecule has 2 aliphatic heterocycles. The number of amides is 1. The van der Waals surface area contributed by atoms with E-state index in [2.05, 4.69) is 10.8 Å². The molecule has 0 bridgehead atoms. The number of hydrogen-bond acceptors (Lipinski definition) is 6. The molecule has 0 aromatic heterocycles. The smallest absolute Gasteiger partial charge is 0.254 e. The number of hydrogen-bond donors (Lipinski definition) is 1. The van der Waals surface area contributed by atoms with Gasteiger partial charge in [-0.1, -0.05) is 18.0 Å². The number of nitrogens with zero attached hydrogens (tertiary/aromatic N) is 1. The van der Waals surface area contributed by atoms with E-state index in [9.17, 15) is 9.35 Å². The van der Waals surface area contributed by atoms with Crippen molar-refractivity contribution in [1.29, 1.82) is 0 Å². The largest absolute Gasteiger partial charge is 0.598 e. The molecule has 1 N–H and O–H groups in total. The molecule has 1 amide bonds. The van der Waals surface area contributed by atoms with Gasteiger partial charge in [0.15, 0.2) is 11.9 Å². The van der Waals surface area contributed by atoms with Gasteiger partial charge < -0.3 is 23.7 Å². The van der Waals surface area contributed by atoms with E-state index in [1.165, 1.54) is 6.42 Å². The number of likely N-dealkylation sites (tertiary alicyclic amines) is 1. The zero-order chi connectivity index (χ0) is 26.3. The van der Waals surface area contributed by atoms with E-state index in [4.69, 9.17) is 25.8 Å². The van der Waals surface area contributed by atoms with Crippen molar-refractivity contribution in [3.8, 4) is 5.75 Å². The van der Waals surface area contributed by atoms with E-state index >= 15 is 0 Å². The molecule has 3 fully saturated rings. The number of carbonyl (C=O) groups excluding carboxylic acids is 1. The van der Waals surface area contributed by atoms with Gasteiger partial charge in [0.25, 0.3) is 5.91 Å². The second kappa shape index (κ2) is 11.0. The Bertz CT molecular complexity index is 941. The van der Waals surface area contributed by atoms with Gasteiger partial charge in [-0.2, -0.15) is 0 Å². The van der Waals surface area contributed by atoms with Crippen molar-refractivity contribution in [3.05, 3.63) is 28.3 Å². The van der Waals surface area contributed by atoms with Gasteiger partial charge >= 0.3 is 0 Å². The molecule has 2 saturated heterocycles. The summed E-state index contributed by atoms with van der Waals surface area (Å²) in [5.74, 6) is 0.675. The van der Waals surface area contributed by atoms with Crippen molar-refractivity contribution < 1.29 is 23.6 Å². The second-order valence-corrected chi connectivity index (χ2v) is 14.1. The summed E-state index contributed by atoms with van der Waals surface area (Å²) in [6.07, 6.45) is 4.51. The third kappa shape index (κ3) is 6.16. The van der Waals surface area contributed by atoms with Gasteiger partial charge in [-0.05, 0) is 89.8 Å². The Balaban J connectivity index is 1.54. The lowest BCUT2D eigenvalue weighted by Gasteiger charge is -2.39. The topological polar surface area (TPSA) is 83.1 Å². The Kier molecular flexibility index (Phi) is 8.54. The van der Waals surface area contributed by atoms with Crippen LogP contribution in [0.25, 0.3) is 0 Å². The zero-order valence-electron chi connectivity index (χ0n) is 22.4. The molecule has 1 aromatic rings. The number of carbonyl (C=O) groups is 1. The van der Waals surface area contributed by atoms with Crippen LogP contribution in [0, 0.1) is 5.92 Å². The minimum Gasteiger partial charge on any atom is -0.598 e. The molecule has 9 heteroatoms. The maximum Gasteiger partial charge on any atom is 0.254 e. The number of ether oxygens (including phenoxy) is 3. The Labute approximate surface area is 223 Å². The molecule has 3 unspecified atom stereocenters. The fourth-order valence-electron chi connectivity index (χ4n) is 5.21. The molecule has 202 valence electrons. The first-order valence-electron chi connectivity index (χ1n) is 13.1. The highest BCUT2D eigenvalue weighted by molar-refractivity contribution is 7.90. The van der Waals surface area contributed by atoms with E-state index in [-0.39, 0.29) is 24.5 Å². The van der Waals surface area contributed by atoms with Crippen molar-refractivity contribution >= 4 is 28.9 Å². The first-order valence-corrected chi connectivity index (χ1v) is 14.6. The van der Waals surface area contributed by atoms with Crippen molar-refractivity contribution in [1.82, 2.24) is 9.62 Å². The highest BCUT2D eigenvalue weighted by Gasteiger charge is 2.42. The Hall–Kier alpha value is -1.03. The highest BCUT2D eigenvalue weighted by Crippen LogP contribution is 2.45. The third-order valence-electron chi connectivity index (χ3n) is 7.63. The standard InChI is InChI=1S/C27H41ClN2O5S/c1-26(2,3)36(32)29-24(20-14-21(28)19(15-22(20)33-6)17-8-7-9-17)18-10-12-30(13-11-18)25(31)23-16-34-27(4,5)35-23/h14-15,17-18,23-24,29H,7-13,16H2,1-6H3. The van der Waals surface area contributed by atoms with E-state index in [0.29, 0.717) is 19.0 Å². The number of halogens is 1. The molecule has 3 atom stereocenters. The first kappa shape index (κ1) is 28.0. The van der Waals surface area contributed by atoms with Crippen LogP contribution in [-0.2, 0) is 25.6 Å². The van der Waals surface area contributed by atoms with Crippen LogP contribution in [-0.4, -0.2) is 58.8 Å². The summed E-state index contributed by atoms with van der Waals surface area (Å²) < 4.78 is 33.5. The van der Waals surface area contributed by atoms with Gasteiger partial charge in [0, 0.05) is 35.0 Å². The summed E-state index contributed by atoms with van der Waals surface area (Å²) in [4.78, 5) is 14.9. The lowest BCUT2D eigenvalue weighted by Crippen LogP contribution is -2.48. The average Bonchev–Trinajstić information content (AvgIpc) is 3.16. The second-order valence-electron chi connectivity index (χ2n) is 11.7. The quantitative estimate of drug-likeness (QED) is 0.484. The number of nitrogens with one attached hydrogen (secondary N) is 1. The molecule has 1 aromatic carbocycles. The predicted octanol–water partition coefficient (Wildman–Crippen LogP) is 5.10. The molecular formula is C27H41ClN2O5S. The maximum absolute atomic E-state index is 13.2. The van der Waals surface area contributed by atoms with Crippen LogP contribution in [0.1, 0.15) is 89.8 Å². The fraction of sp³-hybridized carbons (Fsp3) is 0.741. The summed E-state index contributed by atoms with van der Waals surface area (Å²) in [5, 5.41) is 0.748. The SMILES string of the molecule is COc1cc(C2CCC2)c(Cl)cc1C(N[S+]([O-])C(C)(C)C)C1CCN(C(=O)C2COC(C)(C)O2)CC1. The molecule has 7 nitrogen and oxygen atoms in total. The Morgan fingerprint density at radius 3 is 2.42 bits per heavy atom. The van der Waals surface area contributed by atoms with Crippen LogP contribution < -0.4 is 9.46 Å². The molecule has 0 radical (unpaired) electrons. The van der Waals surface area contributed by atoms with Crippen molar-refractivity contribution in [2.45, 2.75) is 95.3 Å². The van der Waals surface area contributed by atoms with Crippen molar-refractivity contribution in [2.24, 2.45) is 5.92 Å². The fourth-order valence-corrected chi connectivity index (χ4v) is 6.44. The third-order valence-corrected chi connectivity index (χ3v) is 9.53. The van der Waals surface area contributed by atoms with Gasteiger partial charge in [-0.3, -0.25) is 4.79 Å². The van der Waals surface area contributed by atoms with E-state index < -0.39 is 28.0 Å². The maximum atomic E-state index is 13.2. The molecule has 1 aliphatic carbocycles. The average molecular weight is 541 g/mol. The van der Waals surface area contributed by atoms with E-state index in [1.54, 1.807) is 7.11 Å². The summed E-state index contributed by atoms with van der Waals surface area (Å²) in [6.45, 7) is 11.0. The number of piperidine rings is 1. The Morgan fingerprint density at radius 2 is 1.92 bits per heavy atom. The van der Waals surface area contributed by atoms with Crippen LogP contribution >= 0.6 is 11.6 Å². The van der Waals surface area contributed by atoms with Gasteiger partial charge in [0.2, 0.25) is 0 Å². The predicted molar refractivity (Wildman–Crippen MR) is 143 cm³/mol. The van der Waals surface area contributed by atoms with Gasteiger partial charge in [0.05, 0.1) is 19.8 Å². The molecule has 2 heterocycles. The molecule has 36 heavy (non-hydrogen) atoms. The lowest BCUT2D eigenvalue weighted by atomic mass is 9.78. The number of methoxy groups -OCH3 is 1. The van der Waals surface area contributed by atoms with Crippen molar-refractivity contribution in [2.75, 3.05) is 26.8 Å². The van der Waals surface area contributed by atoms with Crippen LogP contribution in [0.4, 0.5) is 0 Å². The molecule has 4 rings (SSSR count). The minimum absolute atomic E-state index is 0.0210. The molecule has 3 aliphatic rings. The van der Waals surface area contributed by atoms with E-state index in [1.807, 2.05) is 45.6 Å². The van der Waals surface area contributed by atoms with Gasteiger partial charge in [-0.15, -0.1) is 4.72 Å². The van der Waals surface area contributed by atoms with Crippen LogP contribution in [0.2, 0.25) is 5.02 Å². The van der Waals surface area contributed by atoms with Gasteiger partial charge in [-0.25, -0.2) is 0 Å². The lowest BCUT2D eigenvalue weighted by molar-refractivity contribution is -0.161. The Morgan fingerprint density at radius 1 is 1.25 bits per heavy atom. The van der Waals surface area contributed by atoms with Crippen LogP contribution in [0.15, 0.2) is 12.1 Å². The van der Waals surface area contributed by atoms with Crippen molar-refractivity contribution in [3.63, 3.8) is 0 Å². The zero-order valence-corrected chi connectivity index (χ0v) is 24.0. The summed E-state index contributed by atoms with van der Waals surface area (Å²) in [5.41, 5.74) is 2.07. The molecule has 1 saturated carbocycles. The molecular weight excluding hydrogens is 500 g/mol. The van der Waals surface area contributed by atoms with E-state index in [0.717, 1.165) is 47.6 Å². The number of benzene rings is 1. The monoisotopic (exact) mass is 540 g/mol. The van der Waals surface area contributed by atoms with Crippen LogP contribution in [0.5, 0.6) is 5.75 Å². The summed E-state index contributed by atoms with van der Waals surface area (Å²) in [7, 11) is 1.68. The van der Waals surface area contributed by atoms with Crippen LogP contribution in [0.3, 0.4) is 0 Å². The summed E-state index contributed by atoms with van der Waals surface area (Å²) in [6, 6.07) is 3.87. The normalized spacial score (nSPS) is 24.9. The first-order chi connectivity index (χ1) is 16.9. The minimum atomic E-state index is -1.28. The summed E-state index contributed by atoms with van der Waals surface area (Å²) >= 11 is 5.51. The highest BCUT2D eigenvalue weighted by atomic mass is 35.5. The van der Waals surface area contributed by atoms with Gasteiger partial charge in [0.1, 0.15) is 10.5 Å².